The number of hydrogen-bond donors (Lipinski definition) is 1. The first-order valence-corrected chi connectivity index (χ1v) is 10.5. The molecule has 29 heavy (non-hydrogen) atoms. The fourth-order valence-corrected chi connectivity index (χ4v) is 3.91. The maximum atomic E-state index is 6.09. The van der Waals surface area contributed by atoms with Gasteiger partial charge in [0.05, 0.1) is 11.4 Å². The number of nitrogens with zero attached hydrogens (tertiary/aromatic N) is 3. The number of hydrogen-bond acceptors (Lipinski definition) is 4. The molecule has 3 aromatic rings. The van der Waals surface area contributed by atoms with Crippen molar-refractivity contribution in [2.24, 2.45) is 0 Å². The Kier molecular flexibility index (Phi) is 5.86. The smallest absolute Gasteiger partial charge is 0.137 e. The Morgan fingerprint density at radius 1 is 1.07 bits per heavy atom. The molecule has 1 aromatic carbocycles. The molecule has 2 N–H and O–H groups in total. The average Bonchev–Trinajstić information content (AvgIpc) is 2.88. The van der Waals surface area contributed by atoms with Gasteiger partial charge in [-0.15, -0.1) is 0 Å². The molecule has 5 nitrogen and oxygen atoms in total. The van der Waals surface area contributed by atoms with Gasteiger partial charge in [-0.2, -0.15) is 0 Å². The van der Waals surface area contributed by atoms with Crippen molar-refractivity contribution in [1.29, 1.82) is 0 Å². The molecule has 0 saturated carbocycles. The number of benzene rings is 1. The van der Waals surface area contributed by atoms with E-state index >= 15 is 0 Å². The number of rotatable bonds is 6. The Hall–Kier alpha value is -2.79. The number of anilines is 1. The highest BCUT2D eigenvalue weighted by Crippen LogP contribution is 2.29. The first-order valence-electron chi connectivity index (χ1n) is 10.5. The summed E-state index contributed by atoms with van der Waals surface area (Å²) in [5, 5.41) is 0. The minimum absolute atomic E-state index is 0.535. The van der Waals surface area contributed by atoms with Crippen molar-refractivity contribution in [1.82, 2.24) is 14.3 Å². The number of ether oxygens (including phenoxy) is 1. The minimum atomic E-state index is 0.535. The highest BCUT2D eigenvalue weighted by molar-refractivity contribution is 5.68. The second-order valence-electron chi connectivity index (χ2n) is 8.06. The Morgan fingerprint density at radius 2 is 1.79 bits per heavy atom. The van der Waals surface area contributed by atoms with Crippen LogP contribution in [-0.2, 0) is 6.54 Å². The lowest BCUT2D eigenvalue weighted by molar-refractivity contribution is 0.273. The van der Waals surface area contributed by atoms with E-state index in [2.05, 4.69) is 28.0 Å². The molecule has 0 unspecified atom stereocenters. The monoisotopic (exact) mass is 390 g/mol. The fourth-order valence-electron chi connectivity index (χ4n) is 3.91. The van der Waals surface area contributed by atoms with Gasteiger partial charge in [0, 0.05) is 24.0 Å². The molecule has 0 amide bonds. The van der Waals surface area contributed by atoms with Gasteiger partial charge in [-0.05, 0) is 74.8 Å². The van der Waals surface area contributed by atoms with Crippen LogP contribution in [0.25, 0.3) is 16.9 Å². The van der Waals surface area contributed by atoms with Crippen molar-refractivity contribution in [3.8, 4) is 17.0 Å². The predicted molar refractivity (Wildman–Crippen MR) is 119 cm³/mol. The third kappa shape index (κ3) is 4.62. The maximum Gasteiger partial charge on any atom is 0.137 e. The van der Waals surface area contributed by atoms with E-state index in [1.165, 1.54) is 31.4 Å². The summed E-state index contributed by atoms with van der Waals surface area (Å²) in [5.41, 5.74) is 12.1. The Morgan fingerprint density at radius 3 is 2.48 bits per heavy atom. The number of pyridine rings is 1. The molecular formula is C24H30N4O. The van der Waals surface area contributed by atoms with Crippen LogP contribution in [-0.4, -0.2) is 34.0 Å². The summed E-state index contributed by atoms with van der Waals surface area (Å²) in [6.07, 6.45) is 7.18. The number of nitrogen functional groups attached to an aromatic ring is 1. The van der Waals surface area contributed by atoms with Gasteiger partial charge in [-0.3, -0.25) is 4.90 Å². The van der Waals surface area contributed by atoms with E-state index < -0.39 is 0 Å². The number of imidazole rings is 1. The van der Waals surface area contributed by atoms with Crippen molar-refractivity contribution in [2.75, 3.05) is 25.4 Å². The molecule has 0 atom stereocenters. The highest BCUT2D eigenvalue weighted by Gasteiger charge is 2.18. The van der Waals surface area contributed by atoms with E-state index in [-0.39, 0.29) is 0 Å². The van der Waals surface area contributed by atoms with E-state index in [1.807, 2.05) is 37.4 Å². The third-order valence-corrected chi connectivity index (χ3v) is 5.43. The van der Waals surface area contributed by atoms with Crippen LogP contribution in [0, 0.1) is 0 Å². The lowest BCUT2D eigenvalue weighted by atomic mass is 10.1. The third-order valence-electron chi connectivity index (χ3n) is 5.43. The zero-order valence-corrected chi connectivity index (χ0v) is 17.2. The largest absolute Gasteiger partial charge is 0.489 e. The molecule has 5 heteroatoms. The Labute approximate surface area is 172 Å². The summed E-state index contributed by atoms with van der Waals surface area (Å²) in [6.45, 7) is 9.55. The molecular weight excluding hydrogens is 360 g/mol. The van der Waals surface area contributed by atoms with Crippen molar-refractivity contribution in [3.05, 3.63) is 60.4 Å². The van der Waals surface area contributed by atoms with Crippen LogP contribution in [0.4, 0.5) is 5.69 Å². The zero-order valence-electron chi connectivity index (χ0n) is 17.2. The van der Waals surface area contributed by atoms with Crippen molar-refractivity contribution >= 4 is 11.3 Å². The van der Waals surface area contributed by atoms with Crippen LogP contribution in [0.3, 0.4) is 0 Å². The zero-order chi connectivity index (χ0) is 20.2. The normalized spacial score (nSPS) is 15.3. The topological polar surface area (TPSA) is 55.8 Å². The molecule has 0 bridgehead atoms. The molecule has 1 fully saturated rings. The van der Waals surface area contributed by atoms with Gasteiger partial charge < -0.3 is 14.9 Å². The standard InChI is InChI=1S/C24H30N4O/c1-18(2)17-29-21-10-7-19(8-11-21)24-22(16-27-13-5-3-4-6-14-27)28-15-20(25)9-12-23(28)26-24/h7-12,15H,1,3-6,13-14,16-17,25H2,2H3. The molecule has 0 spiro atoms. The predicted octanol–water partition coefficient (Wildman–Crippen LogP) is 4.91. The van der Waals surface area contributed by atoms with Gasteiger partial charge in [0.2, 0.25) is 0 Å². The van der Waals surface area contributed by atoms with Gasteiger partial charge in [0.25, 0.3) is 0 Å². The SMILES string of the molecule is C=C(C)COc1ccc(-c2nc3ccc(N)cn3c2CN2CCCCCC2)cc1. The van der Waals surface area contributed by atoms with Crippen LogP contribution >= 0.6 is 0 Å². The Bertz CT molecular complexity index is 982. The number of likely N-dealkylation sites (tertiary alicyclic amines) is 1. The lowest BCUT2D eigenvalue weighted by Crippen LogP contribution is -2.25. The first-order chi connectivity index (χ1) is 14.1. The first kappa shape index (κ1) is 19.5. The molecule has 2 aromatic heterocycles. The molecule has 3 heterocycles. The van der Waals surface area contributed by atoms with E-state index in [9.17, 15) is 0 Å². The molecule has 4 rings (SSSR count). The van der Waals surface area contributed by atoms with E-state index in [4.69, 9.17) is 15.5 Å². The Balaban J connectivity index is 1.68. The van der Waals surface area contributed by atoms with Gasteiger partial charge in [0.15, 0.2) is 0 Å². The average molecular weight is 391 g/mol. The maximum absolute atomic E-state index is 6.09. The lowest BCUT2D eigenvalue weighted by Gasteiger charge is -2.20. The van der Waals surface area contributed by atoms with Crippen LogP contribution < -0.4 is 10.5 Å². The second kappa shape index (κ2) is 8.70. The summed E-state index contributed by atoms with van der Waals surface area (Å²) in [5.74, 6) is 0.846. The van der Waals surface area contributed by atoms with Gasteiger partial charge >= 0.3 is 0 Å². The number of aromatic nitrogens is 2. The molecule has 1 aliphatic heterocycles. The summed E-state index contributed by atoms with van der Waals surface area (Å²) in [7, 11) is 0. The summed E-state index contributed by atoms with van der Waals surface area (Å²) >= 11 is 0. The van der Waals surface area contributed by atoms with Crippen molar-refractivity contribution in [3.63, 3.8) is 0 Å². The molecule has 152 valence electrons. The van der Waals surface area contributed by atoms with Crippen LogP contribution in [0.5, 0.6) is 5.75 Å². The van der Waals surface area contributed by atoms with Crippen LogP contribution in [0.2, 0.25) is 0 Å². The molecule has 1 aliphatic rings. The summed E-state index contributed by atoms with van der Waals surface area (Å²) in [6, 6.07) is 12.1. The summed E-state index contributed by atoms with van der Waals surface area (Å²) in [4.78, 5) is 7.49. The molecule has 0 radical (unpaired) electrons. The second-order valence-corrected chi connectivity index (χ2v) is 8.06. The van der Waals surface area contributed by atoms with Crippen LogP contribution in [0.15, 0.2) is 54.7 Å². The molecule has 0 aliphatic carbocycles. The summed E-state index contributed by atoms with van der Waals surface area (Å²) < 4.78 is 7.90. The van der Waals surface area contributed by atoms with Gasteiger partial charge in [0.1, 0.15) is 18.0 Å². The van der Waals surface area contributed by atoms with Crippen molar-refractivity contribution < 1.29 is 4.74 Å². The highest BCUT2D eigenvalue weighted by atomic mass is 16.5. The number of nitrogens with two attached hydrogens (primary N) is 1. The van der Waals surface area contributed by atoms with Crippen LogP contribution in [0.1, 0.15) is 38.3 Å². The quantitative estimate of drug-likeness (QED) is 0.607. The van der Waals surface area contributed by atoms with E-state index in [0.717, 1.165) is 53.5 Å². The number of fused-ring (bicyclic) bond motifs is 1. The van der Waals surface area contributed by atoms with E-state index in [1.54, 1.807) is 0 Å². The van der Waals surface area contributed by atoms with Gasteiger partial charge in [-0.25, -0.2) is 4.98 Å². The van der Waals surface area contributed by atoms with E-state index in [0.29, 0.717) is 6.61 Å². The minimum Gasteiger partial charge on any atom is -0.489 e. The molecule has 1 saturated heterocycles. The van der Waals surface area contributed by atoms with Crippen molar-refractivity contribution in [2.45, 2.75) is 39.2 Å². The fraction of sp³-hybridized carbons (Fsp3) is 0.375. The van der Waals surface area contributed by atoms with Gasteiger partial charge in [-0.1, -0.05) is 19.4 Å².